The van der Waals surface area contributed by atoms with Crippen molar-refractivity contribution in [2.45, 2.75) is 62.5 Å². The lowest BCUT2D eigenvalue weighted by atomic mass is 9.72. The zero-order chi connectivity index (χ0) is 21.7. The van der Waals surface area contributed by atoms with Crippen molar-refractivity contribution in [2.75, 3.05) is 5.32 Å². The third kappa shape index (κ3) is 4.08. The molecule has 1 saturated carbocycles. The lowest BCUT2D eigenvalue weighted by molar-refractivity contribution is -0.121. The van der Waals surface area contributed by atoms with Gasteiger partial charge >= 0.3 is 0 Å². The van der Waals surface area contributed by atoms with Gasteiger partial charge in [-0.25, -0.2) is 0 Å². The summed E-state index contributed by atoms with van der Waals surface area (Å²) in [6.45, 7) is 1.95. The van der Waals surface area contributed by atoms with Crippen molar-refractivity contribution in [3.8, 4) is 0 Å². The topological polar surface area (TPSA) is 83.5 Å². The first-order chi connectivity index (χ1) is 14.9. The Labute approximate surface area is 191 Å². The van der Waals surface area contributed by atoms with Gasteiger partial charge in [-0.05, 0) is 62.1 Å². The van der Waals surface area contributed by atoms with E-state index in [9.17, 15) is 9.90 Å². The minimum atomic E-state index is -0.314. The van der Waals surface area contributed by atoms with E-state index in [2.05, 4.69) is 15.6 Å². The molecule has 0 spiro atoms. The van der Waals surface area contributed by atoms with Crippen LogP contribution in [0.4, 0.5) is 5.69 Å². The molecule has 5 atom stereocenters. The van der Waals surface area contributed by atoms with E-state index in [0.29, 0.717) is 21.8 Å². The number of hydrogen-bond acceptors (Lipinski definition) is 5. The molecule has 164 valence electrons. The second-order valence-corrected chi connectivity index (χ2v) is 9.68. The molecule has 31 heavy (non-hydrogen) atoms. The number of pyridine rings is 1. The minimum Gasteiger partial charge on any atom is -0.393 e. The molecular formula is C23H25Cl2N3O3. The van der Waals surface area contributed by atoms with Crippen LogP contribution >= 0.6 is 23.2 Å². The average Bonchev–Trinajstić information content (AvgIpc) is 3.28. The summed E-state index contributed by atoms with van der Waals surface area (Å²) in [5, 5.41) is 17.1. The van der Waals surface area contributed by atoms with Gasteiger partial charge in [0.05, 0.1) is 34.3 Å². The fourth-order valence-electron chi connectivity index (χ4n) is 5.23. The van der Waals surface area contributed by atoms with E-state index >= 15 is 0 Å². The van der Waals surface area contributed by atoms with Crippen LogP contribution in [0.5, 0.6) is 0 Å². The monoisotopic (exact) mass is 461 g/mol. The molecule has 2 aromatic rings. The molecule has 3 fully saturated rings. The minimum absolute atomic E-state index is 0.0780. The second kappa shape index (κ2) is 8.34. The van der Waals surface area contributed by atoms with Crippen LogP contribution in [0.3, 0.4) is 0 Å². The number of anilines is 1. The smallest absolute Gasteiger partial charge is 0.230 e. The number of nitrogens with one attached hydrogen (secondary N) is 2. The molecule has 3 aliphatic rings. The van der Waals surface area contributed by atoms with Crippen molar-refractivity contribution in [1.82, 2.24) is 10.3 Å². The van der Waals surface area contributed by atoms with E-state index in [0.717, 1.165) is 30.5 Å². The summed E-state index contributed by atoms with van der Waals surface area (Å²) in [6.07, 6.45) is 3.62. The number of benzene rings is 1. The Morgan fingerprint density at radius 3 is 2.68 bits per heavy atom. The number of hydrogen-bond donors (Lipinski definition) is 3. The average molecular weight is 462 g/mol. The molecule has 3 heterocycles. The Morgan fingerprint density at radius 2 is 1.97 bits per heavy atom. The summed E-state index contributed by atoms with van der Waals surface area (Å²) in [6, 6.07) is 9.57. The maximum Gasteiger partial charge on any atom is 0.230 e. The number of aliphatic hydroxyl groups is 1. The summed E-state index contributed by atoms with van der Waals surface area (Å²) in [5.41, 5.74) is 2.59. The third-order valence-corrected chi connectivity index (χ3v) is 7.45. The van der Waals surface area contributed by atoms with E-state index in [4.69, 9.17) is 27.9 Å². The molecule has 6 nitrogen and oxygen atoms in total. The van der Waals surface area contributed by atoms with Gasteiger partial charge in [0.15, 0.2) is 0 Å². The molecule has 0 unspecified atom stereocenters. The maximum atomic E-state index is 13.4. The van der Waals surface area contributed by atoms with Gasteiger partial charge in [0.2, 0.25) is 5.91 Å². The molecule has 2 saturated heterocycles. The standard InChI is InChI=1S/C23H25Cl2N3O3/c1-11-6-12(4-5-26-11)20-21(23(30)28-13-2-3-16(24)17(25)9-13)19-10-18(22(20)31-19)27-14-7-15(29)8-14/h2-6,9,14-15,18-22,27,29H,7-8,10H2,1H3,(H,28,30)/t14?,15?,18-,19-,20-,21+,22+/m1/s1. The normalized spacial score (nSPS) is 33.9. The van der Waals surface area contributed by atoms with Crippen molar-refractivity contribution < 1.29 is 14.6 Å². The number of rotatable bonds is 5. The van der Waals surface area contributed by atoms with Crippen molar-refractivity contribution in [1.29, 1.82) is 0 Å². The SMILES string of the molecule is Cc1cc([C@H]2[C@H]3O[C@H](C[C@H]3NC3CC(O)C3)[C@@H]2C(=O)Nc2ccc(Cl)c(Cl)c2)ccn1. The highest BCUT2D eigenvalue weighted by Gasteiger charge is 2.57. The van der Waals surface area contributed by atoms with E-state index < -0.39 is 0 Å². The number of aromatic nitrogens is 1. The number of carbonyl (C=O) groups excluding carboxylic acids is 1. The number of amides is 1. The van der Waals surface area contributed by atoms with Crippen molar-refractivity contribution in [2.24, 2.45) is 5.92 Å². The molecule has 5 rings (SSSR count). The number of aryl methyl sites for hydroxylation is 1. The zero-order valence-electron chi connectivity index (χ0n) is 17.1. The van der Waals surface area contributed by atoms with Crippen LogP contribution in [0.1, 0.15) is 36.4 Å². The Hall–Kier alpha value is -1.70. The van der Waals surface area contributed by atoms with Gasteiger partial charge < -0.3 is 20.5 Å². The molecule has 1 aromatic heterocycles. The lowest BCUT2D eigenvalue weighted by Gasteiger charge is -2.39. The fourth-order valence-corrected chi connectivity index (χ4v) is 5.53. The van der Waals surface area contributed by atoms with Crippen molar-refractivity contribution >= 4 is 34.8 Å². The van der Waals surface area contributed by atoms with E-state index in [-0.39, 0.29) is 42.1 Å². The molecule has 3 N–H and O–H groups in total. The van der Waals surface area contributed by atoms with E-state index in [1.165, 1.54) is 0 Å². The number of ether oxygens (including phenoxy) is 1. The highest BCUT2D eigenvalue weighted by Crippen LogP contribution is 2.50. The van der Waals surface area contributed by atoms with Crippen molar-refractivity contribution in [3.63, 3.8) is 0 Å². The van der Waals surface area contributed by atoms with Crippen LogP contribution in [0.2, 0.25) is 10.0 Å². The number of carbonyl (C=O) groups is 1. The van der Waals surface area contributed by atoms with Gasteiger partial charge in [-0.15, -0.1) is 0 Å². The van der Waals surface area contributed by atoms with Crippen LogP contribution in [0.15, 0.2) is 36.5 Å². The van der Waals surface area contributed by atoms with Crippen LogP contribution in [-0.4, -0.2) is 46.4 Å². The summed E-state index contributed by atoms with van der Waals surface area (Å²) in [4.78, 5) is 17.7. The quantitative estimate of drug-likeness (QED) is 0.632. The maximum absolute atomic E-state index is 13.4. The second-order valence-electron chi connectivity index (χ2n) is 8.87. The molecule has 0 radical (unpaired) electrons. The van der Waals surface area contributed by atoms with Gasteiger partial charge in [0.25, 0.3) is 0 Å². The fraction of sp³-hybridized carbons (Fsp3) is 0.478. The van der Waals surface area contributed by atoms with Crippen LogP contribution in [0.25, 0.3) is 0 Å². The van der Waals surface area contributed by atoms with Crippen molar-refractivity contribution in [3.05, 3.63) is 57.8 Å². The Morgan fingerprint density at radius 1 is 1.16 bits per heavy atom. The Bertz CT molecular complexity index is 998. The predicted molar refractivity (Wildman–Crippen MR) is 120 cm³/mol. The molecule has 1 amide bonds. The van der Waals surface area contributed by atoms with Gasteiger partial charge in [-0.1, -0.05) is 23.2 Å². The summed E-state index contributed by atoms with van der Waals surface area (Å²) in [5.74, 6) is -0.472. The summed E-state index contributed by atoms with van der Waals surface area (Å²) < 4.78 is 6.35. The van der Waals surface area contributed by atoms with Gasteiger partial charge in [-0.3, -0.25) is 9.78 Å². The largest absolute Gasteiger partial charge is 0.393 e. The van der Waals surface area contributed by atoms with Gasteiger partial charge in [0.1, 0.15) is 0 Å². The Kier molecular flexibility index (Phi) is 5.69. The van der Waals surface area contributed by atoms with Crippen LogP contribution in [-0.2, 0) is 9.53 Å². The summed E-state index contributed by atoms with van der Waals surface area (Å²) >= 11 is 12.1. The summed E-state index contributed by atoms with van der Waals surface area (Å²) in [7, 11) is 0. The number of fused-ring (bicyclic) bond motifs is 2. The first-order valence-electron chi connectivity index (χ1n) is 10.7. The van der Waals surface area contributed by atoms with Gasteiger partial charge in [0, 0.05) is 35.6 Å². The van der Waals surface area contributed by atoms with Crippen LogP contribution < -0.4 is 10.6 Å². The molecule has 1 aromatic carbocycles. The number of halogens is 2. The van der Waals surface area contributed by atoms with E-state index in [1.54, 1.807) is 24.4 Å². The predicted octanol–water partition coefficient (Wildman–Crippen LogP) is 3.69. The number of nitrogens with zero attached hydrogens (tertiary/aromatic N) is 1. The molecular weight excluding hydrogens is 437 g/mol. The highest BCUT2D eigenvalue weighted by atomic mass is 35.5. The molecule has 2 bridgehead atoms. The molecule has 1 aliphatic carbocycles. The lowest BCUT2D eigenvalue weighted by Crippen LogP contribution is -2.54. The van der Waals surface area contributed by atoms with Crippen LogP contribution in [0, 0.1) is 12.8 Å². The Balaban J connectivity index is 1.39. The molecule has 2 aliphatic heterocycles. The number of aliphatic hydroxyl groups excluding tert-OH is 1. The first kappa shape index (κ1) is 21.2. The first-order valence-corrected chi connectivity index (χ1v) is 11.4. The zero-order valence-corrected chi connectivity index (χ0v) is 18.6. The highest BCUT2D eigenvalue weighted by molar-refractivity contribution is 6.42. The van der Waals surface area contributed by atoms with Gasteiger partial charge in [-0.2, -0.15) is 0 Å². The third-order valence-electron chi connectivity index (χ3n) is 6.71. The van der Waals surface area contributed by atoms with E-state index in [1.807, 2.05) is 19.1 Å². The molecule has 8 heteroatoms.